The van der Waals surface area contributed by atoms with E-state index in [1.54, 1.807) is 27.2 Å². The van der Waals surface area contributed by atoms with Gasteiger partial charge in [0.05, 0.1) is 26.3 Å². The molecule has 0 aliphatic carbocycles. The summed E-state index contributed by atoms with van der Waals surface area (Å²) in [6.45, 7) is 4.58. The molecule has 2 aromatic rings. The summed E-state index contributed by atoms with van der Waals surface area (Å²) in [4.78, 5) is 31.2. The number of benzene rings is 1. The van der Waals surface area contributed by atoms with Gasteiger partial charge in [-0.1, -0.05) is 6.07 Å². The van der Waals surface area contributed by atoms with Gasteiger partial charge in [-0.2, -0.15) is 0 Å². The molecule has 3 rings (SSSR count). The number of hydrogen-bond donors (Lipinski definition) is 3. The van der Waals surface area contributed by atoms with Crippen molar-refractivity contribution in [3.8, 4) is 11.5 Å². The van der Waals surface area contributed by atoms with Crippen molar-refractivity contribution in [1.29, 1.82) is 0 Å². The van der Waals surface area contributed by atoms with E-state index in [2.05, 4.69) is 10.3 Å². The van der Waals surface area contributed by atoms with E-state index in [9.17, 15) is 9.59 Å². The topological polar surface area (TPSA) is 133 Å². The third-order valence-electron chi connectivity index (χ3n) is 6.24. The van der Waals surface area contributed by atoms with Crippen molar-refractivity contribution < 1.29 is 19.1 Å². The van der Waals surface area contributed by atoms with Gasteiger partial charge in [0.1, 0.15) is 17.3 Å². The number of nitrogens with zero attached hydrogens (tertiary/aromatic N) is 2. The summed E-state index contributed by atoms with van der Waals surface area (Å²) in [6.07, 6.45) is 1.31. The molecule has 9 nitrogen and oxygen atoms in total. The monoisotopic (exact) mass is 455 g/mol. The van der Waals surface area contributed by atoms with Crippen LogP contribution in [0.25, 0.3) is 0 Å². The Morgan fingerprint density at radius 2 is 1.88 bits per heavy atom. The maximum atomic E-state index is 12.9. The van der Waals surface area contributed by atoms with E-state index in [4.69, 9.17) is 20.9 Å². The molecule has 1 fully saturated rings. The molecule has 33 heavy (non-hydrogen) atoms. The zero-order chi connectivity index (χ0) is 24.1. The number of hydrogen-bond acceptors (Lipinski definition) is 7. The molecule has 178 valence electrons. The summed E-state index contributed by atoms with van der Waals surface area (Å²) in [5, 5.41) is 2.94. The second kappa shape index (κ2) is 10.5. The van der Waals surface area contributed by atoms with Gasteiger partial charge < -0.3 is 26.3 Å². The molecule has 1 aromatic carbocycles. The minimum atomic E-state index is -0.505. The Morgan fingerprint density at radius 1 is 1.21 bits per heavy atom. The van der Waals surface area contributed by atoms with E-state index in [1.165, 1.54) is 0 Å². The lowest BCUT2D eigenvalue weighted by Gasteiger charge is -2.28. The van der Waals surface area contributed by atoms with Crippen LogP contribution in [0.5, 0.6) is 11.5 Å². The second-order valence-corrected chi connectivity index (χ2v) is 8.52. The van der Waals surface area contributed by atoms with E-state index in [0.29, 0.717) is 36.8 Å². The number of anilines is 1. The van der Waals surface area contributed by atoms with Crippen molar-refractivity contribution in [2.24, 2.45) is 11.7 Å². The SMILES string of the molecule is COc1cc(CC2CC(C(N)=O)N([C@@H](C)C(=O)NCc3ccc(N)nc3C)C2)cc(OC)c1. The first-order valence-corrected chi connectivity index (χ1v) is 11.0. The van der Waals surface area contributed by atoms with Crippen LogP contribution in [0.3, 0.4) is 0 Å². The fraction of sp³-hybridized carbons (Fsp3) is 0.458. The number of rotatable bonds is 9. The molecular weight excluding hydrogens is 422 g/mol. The number of nitrogen functional groups attached to an aromatic ring is 1. The van der Waals surface area contributed by atoms with Gasteiger partial charge in [-0.15, -0.1) is 0 Å². The zero-order valence-corrected chi connectivity index (χ0v) is 19.6. The number of carbonyl (C=O) groups excluding carboxylic acids is 2. The number of likely N-dealkylation sites (tertiary alicyclic amines) is 1. The van der Waals surface area contributed by atoms with Crippen LogP contribution in [0.1, 0.15) is 30.2 Å². The van der Waals surface area contributed by atoms with Crippen LogP contribution in [-0.4, -0.2) is 54.5 Å². The first-order chi connectivity index (χ1) is 15.7. The van der Waals surface area contributed by atoms with Crippen LogP contribution < -0.4 is 26.3 Å². The maximum Gasteiger partial charge on any atom is 0.237 e. The summed E-state index contributed by atoms with van der Waals surface area (Å²) in [6, 6.07) is 8.30. The molecule has 1 aromatic heterocycles. The van der Waals surface area contributed by atoms with Crippen LogP contribution in [0.2, 0.25) is 0 Å². The van der Waals surface area contributed by atoms with Crippen molar-refractivity contribution in [2.75, 3.05) is 26.5 Å². The summed E-state index contributed by atoms with van der Waals surface area (Å²) >= 11 is 0. The standard InChI is InChI=1S/C24H33N5O4/c1-14-18(5-6-22(25)28-14)12-27-24(31)15(2)29-13-17(10-21(29)23(26)30)7-16-8-19(32-3)11-20(9-16)33-4/h5-6,8-9,11,15,17,21H,7,10,12-13H2,1-4H3,(H2,25,28)(H2,26,30)(H,27,31)/t15-,17?,21?/m0/s1. The lowest BCUT2D eigenvalue weighted by Crippen LogP contribution is -2.51. The van der Waals surface area contributed by atoms with E-state index in [-0.39, 0.29) is 11.8 Å². The summed E-state index contributed by atoms with van der Waals surface area (Å²) in [7, 11) is 3.22. The Kier molecular flexibility index (Phi) is 7.75. The molecule has 1 aliphatic heterocycles. The van der Waals surface area contributed by atoms with E-state index in [1.807, 2.05) is 36.1 Å². The van der Waals surface area contributed by atoms with Crippen LogP contribution >= 0.6 is 0 Å². The van der Waals surface area contributed by atoms with E-state index < -0.39 is 18.0 Å². The molecule has 5 N–H and O–H groups in total. The third kappa shape index (κ3) is 5.92. The van der Waals surface area contributed by atoms with Crippen molar-refractivity contribution >= 4 is 17.6 Å². The van der Waals surface area contributed by atoms with Gasteiger partial charge in [0.25, 0.3) is 0 Å². The highest BCUT2D eigenvalue weighted by Crippen LogP contribution is 2.31. The second-order valence-electron chi connectivity index (χ2n) is 8.52. The maximum absolute atomic E-state index is 12.9. The Labute approximate surface area is 194 Å². The normalized spacial score (nSPS) is 19.2. The zero-order valence-electron chi connectivity index (χ0n) is 19.6. The Balaban J connectivity index is 1.67. The fourth-order valence-electron chi connectivity index (χ4n) is 4.40. The molecule has 2 unspecified atom stereocenters. The Morgan fingerprint density at radius 3 is 2.45 bits per heavy atom. The fourth-order valence-corrected chi connectivity index (χ4v) is 4.40. The van der Waals surface area contributed by atoms with Gasteiger partial charge >= 0.3 is 0 Å². The first-order valence-electron chi connectivity index (χ1n) is 11.0. The Bertz CT molecular complexity index is 990. The van der Waals surface area contributed by atoms with Gasteiger partial charge in [-0.25, -0.2) is 4.98 Å². The molecule has 0 saturated carbocycles. The number of pyridine rings is 1. The minimum absolute atomic E-state index is 0.165. The highest BCUT2D eigenvalue weighted by atomic mass is 16.5. The van der Waals surface area contributed by atoms with Crippen LogP contribution in [0.4, 0.5) is 5.82 Å². The molecule has 0 radical (unpaired) electrons. The first kappa shape index (κ1) is 24.3. The van der Waals surface area contributed by atoms with Crippen LogP contribution in [-0.2, 0) is 22.6 Å². The molecule has 9 heteroatoms. The van der Waals surface area contributed by atoms with E-state index >= 15 is 0 Å². The molecule has 3 atom stereocenters. The van der Waals surface area contributed by atoms with Crippen molar-refractivity contribution in [2.45, 2.75) is 45.3 Å². The lowest BCUT2D eigenvalue weighted by atomic mass is 9.96. The number of ether oxygens (including phenoxy) is 2. The molecular formula is C24H33N5O4. The predicted octanol–water partition coefficient (Wildman–Crippen LogP) is 1.41. The quantitative estimate of drug-likeness (QED) is 0.521. The van der Waals surface area contributed by atoms with Gasteiger partial charge in [0.15, 0.2) is 0 Å². The number of amides is 2. The minimum Gasteiger partial charge on any atom is -0.497 e. The number of primary amides is 1. The summed E-state index contributed by atoms with van der Waals surface area (Å²) < 4.78 is 10.7. The van der Waals surface area contributed by atoms with Gasteiger partial charge in [-0.3, -0.25) is 14.5 Å². The van der Waals surface area contributed by atoms with E-state index in [0.717, 1.165) is 23.2 Å². The number of carbonyl (C=O) groups is 2. The van der Waals surface area contributed by atoms with Gasteiger partial charge in [0.2, 0.25) is 11.8 Å². The Hall–Kier alpha value is -3.33. The predicted molar refractivity (Wildman–Crippen MR) is 126 cm³/mol. The highest BCUT2D eigenvalue weighted by molar-refractivity contribution is 5.84. The highest BCUT2D eigenvalue weighted by Gasteiger charge is 2.40. The molecule has 2 heterocycles. The van der Waals surface area contributed by atoms with Crippen LogP contribution in [0, 0.1) is 12.8 Å². The summed E-state index contributed by atoms with van der Waals surface area (Å²) in [5.41, 5.74) is 14.1. The molecule has 1 aliphatic rings. The average molecular weight is 456 g/mol. The number of aromatic nitrogens is 1. The number of aryl methyl sites for hydroxylation is 1. The van der Waals surface area contributed by atoms with Crippen LogP contribution in [0.15, 0.2) is 30.3 Å². The summed E-state index contributed by atoms with van der Waals surface area (Å²) in [5.74, 6) is 1.45. The third-order valence-corrected chi connectivity index (χ3v) is 6.24. The van der Waals surface area contributed by atoms with Crippen molar-refractivity contribution in [3.63, 3.8) is 0 Å². The number of nitrogens with two attached hydrogens (primary N) is 2. The lowest BCUT2D eigenvalue weighted by molar-refractivity contribution is -0.129. The molecule has 0 spiro atoms. The molecule has 2 amide bonds. The largest absolute Gasteiger partial charge is 0.497 e. The van der Waals surface area contributed by atoms with Crippen molar-refractivity contribution in [3.05, 3.63) is 47.2 Å². The van der Waals surface area contributed by atoms with Crippen molar-refractivity contribution in [1.82, 2.24) is 15.2 Å². The smallest absolute Gasteiger partial charge is 0.237 e. The number of methoxy groups -OCH3 is 2. The van der Waals surface area contributed by atoms with Gasteiger partial charge in [-0.05, 0) is 61.9 Å². The average Bonchev–Trinajstić information content (AvgIpc) is 3.21. The number of nitrogens with one attached hydrogen (secondary N) is 1. The molecule has 1 saturated heterocycles. The molecule has 0 bridgehead atoms. The van der Waals surface area contributed by atoms with Gasteiger partial charge in [0, 0.05) is 24.8 Å².